The Kier molecular flexibility index (Phi) is 4.42. The molecule has 1 aliphatic carbocycles. The number of hydrogen-bond donors (Lipinski definition) is 2. The van der Waals surface area contributed by atoms with Gasteiger partial charge in [-0.3, -0.25) is 9.59 Å². The fourth-order valence-electron chi connectivity index (χ4n) is 2.85. The summed E-state index contributed by atoms with van der Waals surface area (Å²) in [5.74, 6) is -0.143. The predicted molar refractivity (Wildman–Crippen MR) is 103 cm³/mol. The summed E-state index contributed by atoms with van der Waals surface area (Å²) in [7, 11) is 0. The molecule has 0 unspecified atom stereocenters. The van der Waals surface area contributed by atoms with Crippen molar-refractivity contribution in [3.63, 3.8) is 0 Å². The molecule has 4 rings (SSSR count). The predicted octanol–water partition coefficient (Wildman–Crippen LogP) is 3.88. The summed E-state index contributed by atoms with van der Waals surface area (Å²) in [6, 6.07) is 11.5. The van der Waals surface area contributed by atoms with Gasteiger partial charge in [0.2, 0.25) is 5.91 Å². The number of thiazole rings is 1. The maximum Gasteiger partial charge on any atom is 0.253 e. The van der Waals surface area contributed by atoms with E-state index in [2.05, 4.69) is 15.6 Å². The summed E-state index contributed by atoms with van der Waals surface area (Å²) in [5.41, 5.74) is 1.99. The highest BCUT2D eigenvalue weighted by Gasteiger charge is 2.30. The van der Waals surface area contributed by atoms with Gasteiger partial charge in [-0.1, -0.05) is 24.3 Å². The normalized spacial score (nSPS) is 13.6. The smallest absolute Gasteiger partial charge is 0.253 e. The van der Waals surface area contributed by atoms with Gasteiger partial charge >= 0.3 is 0 Å². The molecule has 0 atom stereocenters. The van der Waals surface area contributed by atoms with Gasteiger partial charge in [-0.2, -0.15) is 0 Å². The van der Waals surface area contributed by atoms with Crippen molar-refractivity contribution >= 4 is 39.6 Å². The Bertz CT molecular complexity index is 992. The molecule has 1 saturated carbocycles. The molecule has 1 aliphatic rings. The van der Waals surface area contributed by atoms with Crippen LogP contribution in [0.4, 0.5) is 5.69 Å². The van der Waals surface area contributed by atoms with Gasteiger partial charge in [0.25, 0.3) is 5.91 Å². The topological polar surface area (TPSA) is 71.1 Å². The summed E-state index contributed by atoms with van der Waals surface area (Å²) in [6.07, 6.45) is 1.84. The van der Waals surface area contributed by atoms with Crippen molar-refractivity contribution < 1.29 is 9.59 Å². The number of anilines is 1. The molecule has 2 N–H and O–H groups in total. The molecule has 5 nitrogen and oxygen atoms in total. The Morgan fingerprint density at radius 2 is 1.92 bits per heavy atom. The number of benzene rings is 2. The van der Waals surface area contributed by atoms with E-state index in [0.29, 0.717) is 17.8 Å². The Labute approximate surface area is 155 Å². The second-order valence-electron chi connectivity index (χ2n) is 6.57. The zero-order chi connectivity index (χ0) is 18.1. The van der Waals surface area contributed by atoms with Crippen molar-refractivity contribution in [1.29, 1.82) is 0 Å². The Morgan fingerprint density at radius 1 is 1.19 bits per heavy atom. The zero-order valence-electron chi connectivity index (χ0n) is 14.4. The number of amides is 2. The van der Waals surface area contributed by atoms with Crippen molar-refractivity contribution in [2.24, 2.45) is 5.92 Å². The van der Waals surface area contributed by atoms with Crippen LogP contribution in [0.2, 0.25) is 0 Å². The monoisotopic (exact) mass is 365 g/mol. The van der Waals surface area contributed by atoms with E-state index in [1.807, 2.05) is 48.7 Å². The van der Waals surface area contributed by atoms with Crippen molar-refractivity contribution in [2.75, 3.05) is 5.32 Å². The van der Waals surface area contributed by atoms with E-state index in [1.165, 1.54) is 11.3 Å². The standard InChI is InChI=1S/C20H19N3O2S/c1-12-11-26-18(22-12)10-21-20(25)16-8-14-4-2-3-5-15(14)9-17(16)23-19(24)13-6-7-13/h2-5,8-9,11,13H,6-7,10H2,1H3,(H,21,25)(H,23,24). The molecule has 0 aliphatic heterocycles. The third-order valence-corrected chi connectivity index (χ3v) is 5.37. The van der Waals surface area contributed by atoms with Crippen LogP contribution in [0.15, 0.2) is 41.8 Å². The average molecular weight is 365 g/mol. The molecule has 0 bridgehead atoms. The maximum absolute atomic E-state index is 12.8. The second kappa shape index (κ2) is 6.88. The summed E-state index contributed by atoms with van der Waals surface area (Å²) in [4.78, 5) is 29.3. The van der Waals surface area contributed by atoms with Crippen molar-refractivity contribution in [3.8, 4) is 0 Å². The number of aryl methyl sites for hydroxylation is 1. The SMILES string of the molecule is Cc1csc(CNC(=O)c2cc3ccccc3cc2NC(=O)C2CC2)n1. The molecule has 1 aromatic heterocycles. The van der Waals surface area contributed by atoms with Gasteiger partial charge in [0, 0.05) is 17.0 Å². The Balaban J connectivity index is 1.61. The molecule has 132 valence electrons. The van der Waals surface area contributed by atoms with Crippen LogP contribution in [-0.2, 0) is 11.3 Å². The summed E-state index contributed by atoms with van der Waals surface area (Å²) < 4.78 is 0. The van der Waals surface area contributed by atoms with Gasteiger partial charge < -0.3 is 10.6 Å². The van der Waals surface area contributed by atoms with Gasteiger partial charge in [-0.05, 0) is 42.7 Å². The highest BCUT2D eigenvalue weighted by molar-refractivity contribution is 7.09. The molecular weight excluding hydrogens is 346 g/mol. The number of rotatable bonds is 5. The van der Waals surface area contributed by atoms with Crippen LogP contribution in [0.5, 0.6) is 0 Å². The quantitative estimate of drug-likeness (QED) is 0.721. The van der Waals surface area contributed by atoms with Crippen LogP contribution in [0.3, 0.4) is 0 Å². The minimum Gasteiger partial charge on any atom is -0.345 e. The number of hydrogen-bond acceptors (Lipinski definition) is 4. The molecule has 2 aromatic carbocycles. The zero-order valence-corrected chi connectivity index (χ0v) is 15.2. The maximum atomic E-state index is 12.8. The lowest BCUT2D eigenvalue weighted by Gasteiger charge is -2.13. The molecule has 0 saturated heterocycles. The Hall–Kier alpha value is -2.73. The number of nitrogens with zero attached hydrogens (tertiary/aromatic N) is 1. The highest BCUT2D eigenvalue weighted by Crippen LogP contribution is 2.32. The van der Waals surface area contributed by atoms with Crippen LogP contribution in [-0.4, -0.2) is 16.8 Å². The van der Waals surface area contributed by atoms with Gasteiger partial charge in [-0.25, -0.2) is 4.98 Å². The first kappa shape index (κ1) is 16.7. The first-order valence-corrected chi connectivity index (χ1v) is 9.51. The molecule has 3 aromatic rings. The minimum atomic E-state index is -0.213. The first-order valence-electron chi connectivity index (χ1n) is 8.63. The molecule has 26 heavy (non-hydrogen) atoms. The lowest BCUT2D eigenvalue weighted by Crippen LogP contribution is -2.25. The third-order valence-electron chi connectivity index (χ3n) is 4.40. The summed E-state index contributed by atoms with van der Waals surface area (Å²) in [5, 5.41) is 10.6. The van der Waals surface area contributed by atoms with Gasteiger partial charge in [0.1, 0.15) is 5.01 Å². The lowest BCUT2D eigenvalue weighted by atomic mass is 10.0. The number of carbonyl (C=O) groups is 2. The minimum absolute atomic E-state index is 0.00937. The molecule has 6 heteroatoms. The third kappa shape index (κ3) is 3.60. The van der Waals surface area contributed by atoms with Crippen LogP contribution >= 0.6 is 11.3 Å². The second-order valence-corrected chi connectivity index (χ2v) is 7.52. The Morgan fingerprint density at radius 3 is 2.58 bits per heavy atom. The van der Waals surface area contributed by atoms with Crippen LogP contribution in [0, 0.1) is 12.8 Å². The van der Waals surface area contributed by atoms with E-state index in [-0.39, 0.29) is 17.7 Å². The molecule has 1 heterocycles. The van der Waals surface area contributed by atoms with Crippen LogP contribution in [0.25, 0.3) is 10.8 Å². The van der Waals surface area contributed by atoms with Crippen molar-refractivity contribution in [2.45, 2.75) is 26.3 Å². The van der Waals surface area contributed by atoms with Crippen molar-refractivity contribution in [3.05, 3.63) is 58.0 Å². The summed E-state index contributed by atoms with van der Waals surface area (Å²) in [6.45, 7) is 2.30. The van der Waals surface area contributed by atoms with E-state index in [4.69, 9.17) is 0 Å². The first-order chi connectivity index (χ1) is 12.6. The largest absolute Gasteiger partial charge is 0.345 e. The van der Waals surface area contributed by atoms with E-state index in [1.54, 1.807) is 0 Å². The van der Waals surface area contributed by atoms with E-state index < -0.39 is 0 Å². The average Bonchev–Trinajstić information content (AvgIpc) is 3.41. The van der Waals surface area contributed by atoms with Gasteiger partial charge in [0.05, 0.1) is 17.8 Å². The number of nitrogens with one attached hydrogen (secondary N) is 2. The molecule has 2 amide bonds. The van der Waals surface area contributed by atoms with Gasteiger partial charge in [0.15, 0.2) is 0 Å². The van der Waals surface area contributed by atoms with Crippen LogP contribution < -0.4 is 10.6 Å². The molecule has 0 spiro atoms. The van der Waals surface area contributed by atoms with E-state index in [0.717, 1.165) is 34.3 Å². The number of fused-ring (bicyclic) bond motifs is 1. The molecular formula is C20H19N3O2S. The fraction of sp³-hybridized carbons (Fsp3) is 0.250. The van der Waals surface area contributed by atoms with Crippen molar-refractivity contribution in [1.82, 2.24) is 10.3 Å². The lowest BCUT2D eigenvalue weighted by molar-refractivity contribution is -0.117. The van der Waals surface area contributed by atoms with E-state index in [9.17, 15) is 9.59 Å². The highest BCUT2D eigenvalue weighted by atomic mass is 32.1. The summed E-state index contributed by atoms with van der Waals surface area (Å²) >= 11 is 1.52. The van der Waals surface area contributed by atoms with Gasteiger partial charge in [-0.15, -0.1) is 11.3 Å². The molecule has 1 fully saturated rings. The number of aromatic nitrogens is 1. The van der Waals surface area contributed by atoms with E-state index >= 15 is 0 Å². The number of carbonyl (C=O) groups excluding carboxylic acids is 2. The van der Waals surface area contributed by atoms with Crippen LogP contribution in [0.1, 0.15) is 33.9 Å². The molecule has 0 radical (unpaired) electrons. The fourth-order valence-corrected chi connectivity index (χ4v) is 3.56.